The molecule has 2 rings (SSSR count). The summed E-state index contributed by atoms with van der Waals surface area (Å²) in [5, 5.41) is 3.71. The molecule has 1 aromatic rings. The molecule has 0 radical (unpaired) electrons. The van der Waals surface area contributed by atoms with Crippen LogP contribution in [0.1, 0.15) is 44.0 Å². The SMILES string of the molecule is CSc1cc(C(=O)NC2CCN(C(=O)OC(C)(C)C)CC2)co1. The van der Waals surface area contributed by atoms with Crippen molar-refractivity contribution in [2.75, 3.05) is 19.3 Å². The van der Waals surface area contributed by atoms with Gasteiger partial charge >= 0.3 is 6.09 Å². The zero-order valence-corrected chi connectivity index (χ0v) is 14.9. The van der Waals surface area contributed by atoms with E-state index >= 15 is 0 Å². The van der Waals surface area contributed by atoms with E-state index in [1.54, 1.807) is 11.0 Å². The van der Waals surface area contributed by atoms with Crippen LogP contribution in [0.5, 0.6) is 0 Å². The highest BCUT2D eigenvalue weighted by Crippen LogP contribution is 2.19. The fourth-order valence-electron chi connectivity index (χ4n) is 2.34. The Bertz CT molecular complexity index is 557. The molecule has 1 aliphatic heterocycles. The van der Waals surface area contributed by atoms with Gasteiger partial charge in [0.2, 0.25) is 0 Å². The number of carbonyl (C=O) groups excluding carboxylic acids is 2. The molecule has 0 aliphatic carbocycles. The second kappa shape index (κ2) is 7.29. The van der Waals surface area contributed by atoms with Gasteiger partial charge in [-0.05, 0) is 39.9 Å². The number of hydrogen-bond acceptors (Lipinski definition) is 5. The van der Waals surface area contributed by atoms with Crippen LogP contribution in [0.3, 0.4) is 0 Å². The van der Waals surface area contributed by atoms with Crippen molar-refractivity contribution < 1.29 is 18.7 Å². The molecule has 0 aromatic carbocycles. The van der Waals surface area contributed by atoms with Crippen molar-refractivity contribution >= 4 is 23.8 Å². The second-order valence-electron chi connectivity index (χ2n) is 6.57. The van der Waals surface area contributed by atoms with Gasteiger partial charge in [-0.2, -0.15) is 0 Å². The molecule has 1 N–H and O–H groups in total. The van der Waals surface area contributed by atoms with Crippen LogP contribution in [0, 0.1) is 0 Å². The lowest BCUT2D eigenvalue weighted by Crippen LogP contribution is -2.47. The van der Waals surface area contributed by atoms with E-state index in [9.17, 15) is 9.59 Å². The van der Waals surface area contributed by atoms with E-state index in [0.717, 1.165) is 17.9 Å². The summed E-state index contributed by atoms with van der Waals surface area (Å²) in [5.74, 6) is -0.134. The van der Waals surface area contributed by atoms with Crippen molar-refractivity contribution in [1.82, 2.24) is 10.2 Å². The first-order chi connectivity index (χ1) is 10.8. The molecule has 0 atom stereocenters. The van der Waals surface area contributed by atoms with Crippen LogP contribution in [0.4, 0.5) is 4.79 Å². The first-order valence-corrected chi connectivity index (χ1v) is 8.92. The Kier molecular flexibility index (Phi) is 5.62. The monoisotopic (exact) mass is 340 g/mol. The van der Waals surface area contributed by atoms with E-state index in [-0.39, 0.29) is 18.0 Å². The summed E-state index contributed by atoms with van der Waals surface area (Å²) in [6.07, 6.45) is 4.52. The summed E-state index contributed by atoms with van der Waals surface area (Å²) in [6.45, 7) is 6.73. The quantitative estimate of drug-likeness (QED) is 0.856. The van der Waals surface area contributed by atoms with Crippen molar-refractivity contribution in [3.05, 3.63) is 17.9 Å². The first kappa shape index (κ1) is 17.7. The summed E-state index contributed by atoms with van der Waals surface area (Å²) in [4.78, 5) is 25.9. The first-order valence-electron chi connectivity index (χ1n) is 7.70. The number of nitrogens with one attached hydrogen (secondary N) is 1. The lowest BCUT2D eigenvalue weighted by Gasteiger charge is -2.33. The second-order valence-corrected chi connectivity index (χ2v) is 7.38. The number of nitrogens with zero attached hydrogens (tertiary/aromatic N) is 1. The standard InChI is InChI=1S/C16H24N2O4S/c1-16(2,3)22-15(20)18-7-5-12(6-8-18)17-14(19)11-9-13(23-4)21-10-11/h9-10,12H,5-8H2,1-4H3,(H,17,19). The van der Waals surface area contributed by atoms with Crippen LogP contribution >= 0.6 is 11.8 Å². The fraction of sp³-hybridized carbons (Fsp3) is 0.625. The highest BCUT2D eigenvalue weighted by atomic mass is 32.2. The van der Waals surface area contributed by atoms with Gasteiger partial charge in [-0.3, -0.25) is 4.79 Å². The lowest BCUT2D eigenvalue weighted by molar-refractivity contribution is 0.0199. The zero-order chi connectivity index (χ0) is 17.0. The maximum absolute atomic E-state index is 12.2. The van der Waals surface area contributed by atoms with Crippen LogP contribution < -0.4 is 5.32 Å². The minimum atomic E-state index is -0.488. The number of rotatable bonds is 3. The molecule has 0 spiro atoms. The third-order valence-corrected chi connectivity index (χ3v) is 4.14. The predicted octanol–water partition coefficient (Wildman–Crippen LogP) is 3.13. The van der Waals surface area contributed by atoms with Gasteiger partial charge in [0.05, 0.1) is 5.56 Å². The van der Waals surface area contributed by atoms with Crippen LogP contribution in [0.2, 0.25) is 0 Å². The van der Waals surface area contributed by atoms with E-state index in [1.807, 2.05) is 27.0 Å². The molecule has 0 bridgehead atoms. The van der Waals surface area contributed by atoms with E-state index < -0.39 is 5.60 Å². The van der Waals surface area contributed by atoms with Gasteiger partial charge in [0, 0.05) is 25.2 Å². The van der Waals surface area contributed by atoms with Gasteiger partial charge in [0.15, 0.2) is 5.09 Å². The number of carbonyl (C=O) groups is 2. The average Bonchev–Trinajstić information content (AvgIpc) is 2.95. The molecule has 1 aliphatic rings. The van der Waals surface area contributed by atoms with Crippen LogP contribution in [-0.2, 0) is 4.74 Å². The van der Waals surface area contributed by atoms with Crippen molar-refractivity contribution in [1.29, 1.82) is 0 Å². The number of thioether (sulfide) groups is 1. The lowest BCUT2D eigenvalue weighted by atomic mass is 10.1. The maximum atomic E-state index is 12.2. The van der Waals surface area contributed by atoms with Gasteiger partial charge in [0.1, 0.15) is 11.9 Å². The summed E-state index contributed by atoms with van der Waals surface area (Å²) in [5.41, 5.74) is 0.0437. The van der Waals surface area contributed by atoms with Gasteiger partial charge in [-0.1, -0.05) is 11.8 Å². The van der Waals surface area contributed by atoms with E-state index in [0.29, 0.717) is 18.7 Å². The Balaban J connectivity index is 1.80. The topological polar surface area (TPSA) is 71.8 Å². The third kappa shape index (κ3) is 5.20. The van der Waals surface area contributed by atoms with Crippen LogP contribution in [0.15, 0.2) is 21.8 Å². The van der Waals surface area contributed by atoms with Crippen molar-refractivity contribution in [2.24, 2.45) is 0 Å². The number of amides is 2. The number of likely N-dealkylation sites (tertiary alicyclic amines) is 1. The Morgan fingerprint density at radius 1 is 1.35 bits per heavy atom. The summed E-state index contributed by atoms with van der Waals surface area (Å²) in [7, 11) is 0. The zero-order valence-electron chi connectivity index (χ0n) is 14.0. The Morgan fingerprint density at radius 3 is 2.52 bits per heavy atom. The Morgan fingerprint density at radius 2 is 2.00 bits per heavy atom. The average molecular weight is 340 g/mol. The van der Waals surface area contributed by atoms with Gasteiger partial charge < -0.3 is 19.4 Å². The molecule has 7 heteroatoms. The molecule has 1 saturated heterocycles. The summed E-state index contributed by atoms with van der Waals surface area (Å²) in [6, 6.07) is 1.80. The van der Waals surface area contributed by atoms with Gasteiger partial charge in [-0.25, -0.2) is 4.79 Å². The number of furan rings is 1. The summed E-state index contributed by atoms with van der Waals surface area (Å²) < 4.78 is 10.6. The maximum Gasteiger partial charge on any atom is 0.410 e. The Labute approximate surface area is 140 Å². The van der Waals surface area contributed by atoms with Gasteiger partial charge in [0.25, 0.3) is 5.91 Å². The van der Waals surface area contributed by atoms with Crippen LogP contribution in [0.25, 0.3) is 0 Å². The van der Waals surface area contributed by atoms with Crippen molar-refractivity contribution in [2.45, 2.75) is 50.3 Å². The molecule has 0 saturated carbocycles. The molecule has 2 amide bonds. The summed E-state index contributed by atoms with van der Waals surface area (Å²) >= 11 is 1.46. The third-order valence-electron chi connectivity index (χ3n) is 3.52. The molecular formula is C16H24N2O4S. The van der Waals surface area contributed by atoms with Gasteiger partial charge in [-0.15, -0.1) is 0 Å². The largest absolute Gasteiger partial charge is 0.457 e. The number of hydrogen-bond donors (Lipinski definition) is 1. The van der Waals surface area contributed by atoms with E-state index in [4.69, 9.17) is 9.15 Å². The molecule has 128 valence electrons. The number of piperidine rings is 1. The molecule has 1 aromatic heterocycles. The molecular weight excluding hydrogens is 316 g/mol. The highest BCUT2D eigenvalue weighted by molar-refractivity contribution is 7.98. The molecule has 1 fully saturated rings. The highest BCUT2D eigenvalue weighted by Gasteiger charge is 2.27. The minimum absolute atomic E-state index is 0.0637. The molecule has 0 unspecified atom stereocenters. The minimum Gasteiger partial charge on any atom is -0.457 e. The van der Waals surface area contributed by atoms with Crippen molar-refractivity contribution in [3.8, 4) is 0 Å². The molecule has 23 heavy (non-hydrogen) atoms. The smallest absolute Gasteiger partial charge is 0.410 e. The number of ether oxygens (including phenoxy) is 1. The van der Waals surface area contributed by atoms with Crippen LogP contribution in [-0.4, -0.2) is 47.9 Å². The van der Waals surface area contributed by atoms with Crippen molar-refractivity contribution in [3.63, 3.8) is 0 Å². The van der Waals surface area contributed by atoms with E-state index in [2.05, 4.69) is 5.32 Å². The normalized spacial score (nSPS) is 16.3. The fourth-order valence-corrected chi connectivity index (χ4v) is 2.73. The molecule has 6 nitrogen and oxygen atoms in total. The predicted molar refractivity (Wildman–Crippen MR) is 88.8 cm³/mol. The Hall–Kier alpha value is -1.63. The van der Waals surface area contributed by atoms with E-state index in [1.165, 1.54) is 18.0 Å². The molecule has 2 heterocycles.